The predicted molar refractivity (Wildman–Crippen MR) is 86.4 cm³/mol. The summed E-state index contributed by atoms with van der Waals surface area (Å²) in [6, 6.07) is 13.2. The molecule has 1 N–H and O–H groups in total. The molecule has 1 aromatic heterocycles. The highest BCUT2D eigenvalue weighted by Gasteiger charge is 2.25. The molecule has 0 bridgehead atoms. The Labute approximate surface area is 123 Å². The summed E-state index contributed by atoms with van der Waals surface area (Å²) in [6.07, 6.45) is 3.47. The molecule has 2 aromatic rings. The van der Waals surface area contributed by atoms with Gasteiger partial charge in [0.15, 0.2) is 0 Å². The van der Waals surface area contributed by atoms with Crippen LogP contribution in [0.25, 0.3) is 6.08 Å². The maximum absolute atomic E-state index is 13.0. The Morgan fingerprint density at radius 3 is 2.55 bits per heavy atom. The van der Waals surface area contributed by atoms with Crippen LogP contribution < -0.4 is 10.4 Å². The van der Waals surface area contributed by atoms with E-state index in [-0.39, 0.29) is 6.10 Å². The lowest BCUT2D eigenvalue weighted by molar-refractivity contribution is 0.246. The molecule has 0 aliphatic rings. The smallest absolute Gasteiger partial charge is 0.318 e. The SMILES string of the molecule is CC(C)OP(=O)(N/C=C/c1cccs1)c1ccccc1. The highest BCUT2D eigenvalue weighted by molar-refractivity contribution is 7.65. The van der Waals surface area contributed by atoms with Crippen LogP contribution in [0, 0.1) is 0 Å². The lowest BCUT2D eigenvalue weighted by Crippen LogP contribution is -2.19. The van der Waals surface area contributed by atoms with Crippen LogP contribution in [-0.2, 0) is 9.09 Å². The molecule has 0 spiro atoms. The third kappa shape index (κ3) is 4.07. The molecule has 2 rings (SSSR count). The molecule has 0 saturated carbocycles. The molecular formula is C15H18NO2PS. The minimum absolute atomic E-state index is 0.122. The van der Waals surface area contributed by atoms with E-state index in [2.05, 4.69) is 5.09 Å². The average molecular weight is 307 g/mol. The third-order valence-electron chi connectivity index (χ3n) is 2.49. The van der Waals surface area contributed by atoms with Crippen molar-refractivity contribution in [3.05, 3.63) is 58.9 Å². The van der Waals surface area contributed by atoms with Crippen molar-refractivity contribution >= 4 is 30.2 Å². The second kappa shape index (κ2) is 6.89. The highest BCUT2D eigenvalue weighted by atomic mass is 32.1. The molecule has 3 nitrogen and oxygen atoms in total. The van der Waals surface area contributed by atoms with E-state index in [1.54, 1.807) is 17.5 Å². The summed E-state index contributed by atoms with van der Waals surface area (Å²) in [5.74, 6) is 0. The van der Waals surface area contributed by atoms with Crippen molar-refractivity contribution in [3.8, 4) is 0 Å². The Bertz CT molecular complexity index is 594. The first kappa shape index (κ1) is 15.0. The topological polar surface area (TPSA) is 38.3 Å². The number of rotatable bonds is 6. The van der Waals surface area contributed by atoms with E-state index in [0.717, 1.165) is 4.88 Å². The van der Waals surface area contributed by atoms with Crippen molar-refractivity contribution in [1.82, 2.24) is 5.09 Å². The van der Waals surface area contributed by atoms with Gasteiger partial charge in [0, 0.05) is 11.1 Å². The zero-order valence-corrected chi connectivity index (χ0v) is 13.2. The van der Waals surface area contributed by atoms with Gasteiger partial charge in [-0.1, -0.05) is 24.3 Å². The molecule has 1 heterocycles. The van der Waals surface area contributed by atoms with Crippen LogP contribution in [-0.4, -0.2) is 6.10 Å². The van der Waals surface area contributed by atoms with Crippen molar-refractivity contribution in [3.63, 3.8) is 0 Å². The fourth-order valence-corrected chi connectivity index (χ4v) is 4.07. The van der Waals surface area contributed by atoms with Gasteiger partial charge < -0.3 is 9.61 Å². The second-order valence-electron chi connectivity index (χ2n) is 4.52. The first-order valence-corrected chi connectivity index (χ1v) is 8.92. The van der Waals surface area contributed by atoms with E-state index >= 15 is 0 Å². The van der Waals surface area contributed by atoms with Gasteiger partial charge in [0.05, 0.1) is 11.4 Å². The standard InChI is InChI=1S/C15H18NO2PS/c1-13(2)18-19(17,14-7-4-3-5-8-14)16-11-10-15-9-6-12-20-15/h3-13H,1-2H3,(H,16,17)/b11-10+. The Hall–Kier alpha value is -1.35. The Kier molecular flexibility index (Phi) is 5.18. The van der Waals surface area contributed by atoms with Gasteiger partial charge in [0.1, 0.15) is 0 Å². The van der Waals surface area contributed by atoms with E-state index < -0.39 is 7.52 Å². The van der Waals surface area contributed by atoms with E-state index in [1.165, 1.54) is 0 Å². The molecule has 106 valence electrons. The van der Waals surface area contributed by atoms with Crippen molar-refractivity contribution in [1.29, 1.82) is 0 Å². The molecule has 1 atom stereocenters. The minimum atomic E-state index is -3.08. The summed E-state index contributed by atoms with van der Waals surface area (Å²) in [5.41, 5.74) is 0. The molecule has 0 saturated heterocycles. The lowest BCUT2D eigenvalue weighted by Gasteiger charge is -2.21. The molecule has 1 unspecified atom stereocenters. The van der Waals surface area contributed by atoms with Gasteiger partial charge in [-0.15, -0.1) is 11.3 Å². The van der Waals surface area contributed by atoms with Gasteiger partial charge in [0.25, 0.3) is 0 Å². The summed E-state index contributed by atoms with van der Waals surface area (Å²) in [4.78, 5) is 1.10. The normalized spacial score (nSPS) is 14.6. The van der Waals surface area contributed by atoms with Gasteiger partial charge in [0.2, 0.25) is 0 Å². The van der Waals surface area contributed by atoms with Crippen LogP contribution in [0.2, 0.25) is 0 Å². The molecular weight excluding hydrogens is 289 g/mol. The zero-order chi connectivity index (χ0) is 14.4. The fourth-order valence-electron chi connectivity index (χ4n) is 1.69. The summed E-state index contributed by atoms with van der Waals surface area (Å²) in [7, 11) is -3.08. The Balaban J connectivity index is 2.17. The van der Waals surface area contributed by atoms with Crippen LogP contribution in [0.1, 0.15) is 18.7 Å². The van der Waals surface area contributed by atoms with Crippen LogP contribution in [0.5, 0.6) is 0 Å². The van der Waals surface area contributed by atoms with Crippen molar-refractivity contribution in [2.24, 2.45) is 0 Å². The summed E-state index contributed by atoms with van der Waals surface area (Å²) in [6.45, 7) is 3.75. The molecule has 0 fully saturated rings. The summed E-state index contributed by atoms with van der Waals surface area (Å²) < 4.78 is 18.6. The third-order valence-corrected chi connectivity index (χ3v) is 5.51. The van der Waals surface area contributed by atoms with E-state index in [0.29, 0.717) is 5.30 Å². The van der Waals surface area contributed by atoms with Gasteiger partial charge >= 0.3 is 7.52 Å². The monoisotopic (exact) mass is 307 g/mol. The van der Waals surface area contributed by atoms with Crippen LogP contribution in [0.3, 0.4) is 0 Å². The molecule has 0 aliphatic carbocycles. The highest BCUT2D eigenvalue weighted by Crippen LogP contribution is 2.42. The summed E-state index contributed by atoms with van der Waals surface area (Å²) in [5, 5.41) is 5.61. The number of hydrogen-bond acceptors (Lipinski definition) is 3. The number of nitrogens with one attached hydrogen (secondary N) is 1. The maximum atomic E-state index is 13.0. The van der Waals surface area contributed by atoms with Crippen LogP contribution in [0.15, 0.2) is 54.0 Å². The Morgan fingerprint density at radius 1 is 1.20 bits per heavy atom. The second-order valence-corrected chi connectivity index (χ2v) is 7.59. The van der Waals surface area contributed by atoms with Crippen molar-refractivity contribution in [2.45, 2.75) is 20.0 Å². The average Bonchev–Trinajstić information content (AvgIpc) is 2.92. The molecule has 0 aliphatic heterocycles. The molecule has 0 amide bonds. The minimum Gasteiger partial charge on any atom is -0.318 e. The number of hydrogen-bond donors (Lipinski definition) is 1. The van der Waals surface area contributed by atoms with E-state index in [9.17, 15) is 4.57 Å². The molecule has 0 radical (unpaired) electrons. The molecule has 1 aromatic carbocycles. The lowest BCUT2D eigenvalue weighted by atomic mass is 10.4. The van der Waals surface area contributed by atoms with E-state index in [1.807, 2.05) is 67.8 Å². The quantitative estimate of drug-likeness (QED) is 0.811. The zero-order valence-electron chi connectivity index (χ0n) is 11.5. The fraction of sp³-hybridized carbons (Fsp3) is 0.200. The first-order chi connectivity index (χ1) is 9.60. The Morgan fingerprint density at radius 2 is 1.95 bits per heavy atom. The maximum Gasteiger partial charge on any atom is 0.323 e. The largest absolute Gasteiger partial charge is 0.323 e. The van der Waals surface area contributed by atoms with Gasteiger partial charge in [-0.25, -0.2) is 0 Å². The predicted octanol–water partition coefficient (Wildman–Crippen LogP) is 4.25. The van der Waals surface area contributed by atoms with Gasteiger partial charge in [-0.3, -0.25) is 4.57 Å². The molecule has 20 heavy (non-hydrogen) atoms. The van der Waals surface area contributed by atoms with Crippen molar-refractivity contribution in [2.75, 3.05) is 0 Å². The number of benzene rings is 1. The van der Waals surface area contributed by atoms with Gasteiger partial charge in [-0.05, 0) is 43.5 Å². The van der Waals surface area contributed by atoms with Crippen LogP contribution in [0.4, 0.5) is 0 Å². The van der Waals surface area contributed by atoms with Crippen molar-refractivity contribution < 1.29 is 9.09 Å². The van der Waals surface area contributed by atoms with E-state index in [4.69, 9.17) is 4.52 Å². The first-order valence-electron chi connectivity index (χ1n) is 6.42. The summed E-state index contributed by atoms with van der Waals surface area (Å²) >= 11 is 1.63. The molecule has 5 heteroatoms. The van der Waals surface area contributed by atoms with Crippen LogP contribution >= 0.6 is 18.9 Å². The number of thiophene rings is 1. The van der Waals surface area contributed by atoms with Gasteiger partial charge in [-0.2, -0.15) is 0 Å².